The van der Waals surface area contributed by atoms with E-state index in [1.165, 1.54) is 0 Å². The number of benzene rings is 2. The van der Waals surface area contributed by atoms with Crippen molar-refractivity contribution in [2.75, 3.05) is 6.61 Å². The van der Waals surface area contributed by atoms with E-state index in [1.807, 2.05) is 37.3 Å². The number of carbonyl (C=O) groups is 1. The first kappa shape index (κ1) is 14.6. The molecule has 0 saturated heterocycles. The molecule has 0 unspecified atom stereocenters. The number of rotatable bonds is 3. The molecular formula is C17H14BrClO2. The van der Waals surface area contributed by atoms with Crippen molar-refractivity contribution in [3.8, 4) is 5.75 Å². The molecule has 0 spiro atoms. The Morgan fingerprint density at radius 1 is 1.33 bits per heavy atom. The summed E-state index contributed by atoms with van der Waals surface area (Å²) in [6.45, 7) is 2.65. The third kappa shape index (κ3) is 2.99. The predicted octanol–water partition coefficient (Wildman–Crippen LogP) is 4.77. The molecule has 0 radical (unpaired) electrons. The Hall–Kier alpha value is -1.32. The zero-order valence-corrected chi connectivity index (χ0v) is 13.9. The Labute approximate surface area is 137 Å². The highest BCUT2D eigenvalue weighted by atomic mass is 79.9. The fourth-order valence-electron chi connectivity index (χ4n) is 2.59. The van der Waals surface area contributed by atoms with Gasteiger partial charge < -0.3 is 4.74 Å². The van der Waals surface area contributed by atoms with Crippen LogP contribution in [0, 0.1) is 6.92 Å². The molecule has 3 rings (SSSR count). The average Bonchev–Trinajstić information content (AvgIpc) is 2.86. The molecule has 1 heterocycles. The molecule has 108 valence electrons. The third-order valence-corrected chi connectivity index (χ3v) is 4.48. The van der Waals surface area contributed by atoms with Gasteiger partial charge in [-0.15, -0.1) is 0 Å². The minimum absolute atomic E-state index is 0.0573. The Morgan fingerprint density at radius 2 is 2.14 bits per heavy atom. The normalized spacial score (nSPS) is 12.9. The second-order valence-corrected chi connectivity index (χ2v) is 6.53. The number of ether oxygens (including phenoxy) is 1. The summed E-state index contributed by atoms with van der Waals surface area (Å²) in [6, 6.07) is 9.49. The summed E-state index contributed by atoms with van der Waals surface area (Å²) >= 11 is 9.59. The molecule has 2 aromatic rings. The number of carbonyl (C=O) groups excluding carboxylic acids is 1. The van der Waals surface area contributed by atoms with E-state index in [2.05, 4.69) is 15.9 Å². The van der Waals surface area contributed by atoms with E-state index in [9.17, 15) is 4.79 Å². The van der Waals surface area contributed by atoms with E-state index in [-0.39, 0.29) is 5.78 Å². The number of halogens is 2. The first-order valence-corrected chi connectivity index (χ1v) is 7.95. The highest BCUT2D eigenvalue weighted by Gasteiger charge is 2.20. The van der Waals surface area contributed by atoms with Gasteiger partial charge in [0.25, 0.3) is 0 Å². The number of hydrogen-bond acceptors (Lipinski definition) is 2. The van der Waals surface area contributed by atoms with Crippen molar-refractivity contribution in [3.63, 3.8) is 0 Å². The first-order valence-electron chi connectivity index (χ1n) is 6.78. The molecule has 2 nitrogen and oxygen atoms in total. The zero-order valence-electron chi connectivity index (χ0n) is 11.6. The highest BCUT2D eigenvalue weighted by molar-refractivity contribution is 9.10. The molecular weight excluding hydrogens is 352 g/mol. The minimum Gasteiger partial charge on any atom is -0.493 e. The van der Waals surface area contributed by atoms with Gasteiger partial charge in [-0.1, -0.05) is 33.6 Å². The predicted molar refractivity (Wildman–Crippen MR) is 87.6 cm³/mol. The van der Waals surface area contributed by atoms with E-state index in [0.717, 1.165) is 33.3 Å². The van der Waals surface area contributed by atoms with Gasteiger partial charge >= 0.3 is 0 Å². The van der Waals surface area contributed by atoms with E-state index < -0.39 is 0 Å². The van der Waals surface area contributed by atoms with Crippen LogP contribution >= 0.6 is 27.5 Å². The van der Waals surface area contributed by atoms with Gasteiger partial charge in [-0.25, -0.2) is 0 Å². The fraction of sp³-hybridized carbons (Fsp3) is 0.235. The van der Waals surface area contributed by atoms with E-state index in [1.54, 1.807) is 0 Å². The number of Topliss-reactive ketones (excluding diaryl/α,β-unsaturated/α-hetero) is 1. The smallest absolute Gasteiger partial charge is 0.168 e. The van der Waals surface area contributed by atoms with E-state index >= 15 is 0 Å². The maximum Gasteiger partial charge on any atom is 0.168 e. The standard InChI is InChI=1S/C17H14BrClO2/c1-10-2-3-14(15(18)6-10)16(20)9-12-8-13(19)7-11-4-5-21-17(11)12/h2-3,6-8H,4-5,9H2,1H3. The van der Waals surface area contributed by atoms with Crippen molar-refractivity contribution in [1.82, 2.24) is 0 Å². The molecule has 0 fully saturated rings. The summed E-state index contributed by atoms with van der Waals surface area (Å²) in [5.41, 5.74) is 3.76. The molecule has 1 aliphatic heterocycles. The van der Waals surface area contributed by atoms with Crippen LogP contribution in [0.5, 0.6) is 5.75 Å². The number of aryl methyl sites for hydroxylation is 1. The molecule has 0 atom stereocenters. The second kappa shape index (κ2) is 5.82. The maximum atomic E-state index is 12.5. The second-order valence-electron chi connectivity index (χ2n) is 5.23. The van der Waals surface area contributed by atoms with Crippen LogP contribution in [0.3, 0.4) is 0 Å². The summed E-state index contributed by atoms with van der Waals surface area (Å²) in [5.74, 6) is 0.887. The van der Waals surface area contributed by atoms with Crippen molar-refractivity contribution in [2.45, 2.75) is 19.8 Å². The van der Waals surface area contributed by atoms with Crippen LogP contribution in [0.4, 0.5) is 0 Å². The van der Waals surface area contributed by atoms with Crippen molar-refractivity contribution in [3.05, 3.63) is 62.1 Å². The number of ketones is 1. The zero-order chi connectivity index (χ0) is 15.0. The SMILES string of the molecule is Cc1ccc(C(=O)Cc2cc(Cl)cc3c2OCC3)c(Br)c1. The Balaban J connectivity index is 1.92. The molecule has 0 aliphatic carbocycles. The van der Waals surface area contributed by atoms with Crippen LogP contribution in [-0.4, -0.2) is 12.4 Å². The van der Waals surface area contributed by atoms with Gasteiger partial charge in [0.2, 0.25) is 0 Å². The van der Waals surface area contributed by atoms with Crippen LogP contribution < -0.4 is 4.74 Å². The van der Waals surface area contributed by atoms with E-state index in [4.69, 9.17) is 16.3 Å². The van der Waals surface area contributed by atoms with Gasteiger partial charge in [-0.05, 0) is 42.3 Å². The lowest BCUT2D eigenvalue weighted by molar-refractivity contribution is 0.0991. The fourth-order valence-corrected chi connectivity index (χ4v) is 3.57. The van der Waals surface area contributed by atoms with Crippen molar-refractivity contribution in [1.29, 1.82) is 0 Å². The monoisotopic (exact) mass is 364 g/mol. The molecule has 0 saturated carbocycles. The Morgan fingerprint density at radius 3 is 2.90 bits per heavy atom. The van der Waals surface area contributed by atoms with Gasteiger partial charge in [0.05, 0.1) is 6.61 Å². The van der Waals surface area contributed by atoms with Crippen LogP contribution in [0.25, 0.3) is 0 Å². The summed E-state index contributed by atoms with van der Waals surface area (Å²) in [4.78, 5) is 12.5. The van der Waals surface area contributed by atoms with Gasteiger partial charge in [-0.2, -0.15) is 0 Å². The summed E-state index contributed by atoms with van der Waals surface area (Å²) < 4.78 is 6.47. The lowest BCUT2D eigenvalue weighted by Gasteiger charge is -2.09. The van der Waals surface area contributed by atoms with Crippen LogP contribution in [-0.2, 0) is 12.8 Å². The van der Waals surface area contributed by atoms with Crippen LogP contribution in [0.2, 0.25) is 5.02 Å². The van der Waals surface area contributed by atoms with Crippen LogP contribution in [0.1, 0.15) is 27.0 Å². The van der Waals surface area contributed by atoms with Crippen molar-refractivity contribution < 1.29 is 9.53 Å². The molecule has 4 heteroatoms. The quantitative estimate of drug-likeness (QED) is 0.732. The van der Waals surface area contributed by atoms with Crippen molar-refractivity contribution >= 4 is 33.3 Å². The molecule has 0 N–H and O–H groups in total. The lowest BCUT2D eigenvalue weighted by atomic mass is 9.99. The average molecular weight is 366 g/mol. The molecule has 0 bridgehead atoms. The third-order valence-electron chi connectivity index (χ3n) is 3.60. The van der Waals surface area contributed by atoms with Gasteiger partial charge in [-0.3, -0.25) is 4.79 Å². The molecule has 2 aromatic carbocycles. The Kier molecular flexibility index (Phi) is 4.05. The van der Waals surface area contributed by atoms with E-state index in [0.29, 0.717) is 23.6 Å². The largest absolute Gasteiger partial charge is 0.493 e. The summed E-state index contributed by atoms with van der Waals surface area (Å²) in [6.07, 6.45) is 1.15. The van der Waals surface area contributed by atoms with Gasteiger partial charge in [0.15, 0.2) is 5.78 Å². The summed E-state index contributed by atoms with van der Waals surface area (Å²) in [5, 5.41) is 0.657. The molecule has 0 amide bonds. The first-order chi connectivity index (χ1) is 10.0. The number of hydrogen-bond donors (Lipinski definition) is 0. The summed E-state index contributed by atoms with van der Waals surface area (Å²) in [7, 11) is 0. The Bertz CT molecular complexity index is 725. The van der Waals surface area contributed by atoms with Crippen molar-refractivity contribution in [2.24, 2.45) is 0 Å². The topological polar surface area (TPSA) is 26.3 Å². The van der Waals surface area contributed by atoms with Gasteiger partial charge in [0.1, 0.15) is 5.75 Å². The van der Waals surface area contributed by atoms with Crippen LogP contribution in [0.15, 0.2) is 34.8 Å². The molecule has 0 aromatic heterocycles. The van der Waals surface area contributed by atoms with Gasteiger partial charge in [0, 0.05) is 33.5 Å². The molecule has 1 aliphatic rings. The highest BCUT2D eigenvalue weighted by Crippen LogP contribution is 2.34. The lowest BCUT2D eigenvalue weighted by Crippen LogP contribution is -2.06. The molecule has 21 heavy (non-hydrogen) atoms. The number of fused-ring (bicyclic) bond motifs is 1. The minimum atomic E-state index is 0.0573. The maximum absolute atomic E-state index is 12.5.